The highest BCUT2D eigenvalue weighted by Crippen LogP contribution is 2.32. The third-order valence-electron chi connectivity index (χ3n) is 3.28. The summed E-state index contributed by atoms with van der Waals surface area (Å²) < 4.78 is 5.41. The zero-order valence-corrected chi connectivity index (χ0v) is 10.6. The number of hydrogen-bond donors (Lipinski definition) is 1. The minimum atomic E-state index is -0.757. The third-order valence-corrected chi connectivity index (χ3v) is 3.28. The molecule has 1 aromatic carbocycles. The number of hydrogen-bond acceptors (Lipinski definition) is 3. The smallest absolute Gasteiger partial charge is 0.317 e. The zero-order chi connectivity index (χ0) is 13.0. The normalized spacial score (nSPS) is 19.9. The summed E-state index contributed by atoms with van der Waals surface area (Å²) in [5, 5.41) is 8.89. The summed E-state index contributed by atoms with van der Waals surface area (Å²) in [5.74, 6) is 0.108. The molecule has 0 aliphatic carbocycles. The molecule has 0 aromatic heterocycles. The van der Waals surface area contributed by atoms with Crippen LogP contribution in [0.2, 0.25) is 0 Å². The number of carboxylic acids is 1. The number of likely N-dealkylation sites (tertiary alicyclic amines) is 1. The van der Waals surface area contributed by atoms with Crippen molar-refractivity contribution in [2.75, 3.05) is 19.7 Å². The topological polar surface area (TPSA) is 49.8 Å². The van der Waals surface area contributed by atoms with E-state index in [1.54, 1.807) is 0 Å². The van der Waals surface area contributed by atoms with Crippen LogP contribution in [0.5, 0.6) is 5.75 Å². The minimum Gasteiger partial charge on any atom is -0.494 e. The Morgan fingerprint density at radius 1 is 1.44 bits per heavy atom. The number of aliphatic carboxylic acids is 1. The van der Waals surface area contributed by atoms with Gasteiger partial charge in [0.15, 0.2) is 0 Å². The fraction of sp³-hybridized carbons (Fsp3) is 0.500. The van der Waals surface area contributed by atoms with Crippen LogP contribution in [0, 0.1) is 0 Å². The van der Waals surface area contributed by atoms with E-state index in [9.17, 15) is 4.79 Å². The van der Waals surface area contributed by atoms with E-state index in [-0.39, 0.29) is 12.6 Å². The zero-order valence-electron chi connectivity index (χ0n) is 10.6. The Balaban J connectivity index is 2.07. The molecule has 4 nitrogen and oxygen atoms in total. The maximum atomic E-state index is 10.8. The Labute approximate surface area is 107 Å². The molecule has 1 aliphatic heterocycles. The highest BCUT2D eigenvalue weighted by Gasteiger charge is 2.27. The first-order chi connectivity index (χ1) is 8.70. The predicted octanol–water partition coefficient (Wildman–Crippen LogP) is 2.31. The number of carbonyl (C=O) groups is 1. The van der Waals surface area contributed by atoms with Gasteiger partial charge in [0.2, 0.25) is 0 Å². The Morgan fingerprint density at radius 3 is 2.78 bits per heavy atom. The Kier molecular flexibility index (Phi) is 4.20. The molecule has 0 bridgehead atoms. The first kappa shape index (κ1) is 12.9. The lowest BCUT2D eigenvalue weighted by atomic mass is 10.0. The number of carboxylic acid groups (broad SMARTS) is 1. The fourth-order valence-electron chi connectivity index (χ4n) is 2.52. The Hall–Kier alpha value is -1.55. The van der Waals surface area contributed by atoms with Crippen molar-refractivity contribution in [1.29, 1.82) is 0 Å². The van der Waals surface area contributed by atoms with Gasteiger partial charge in [-0.05, 0) is 44.0 Å². The van der Waals surface area contributed by atoms with Crippen molar-refractivity contribution in [2.24, 2.45) is 0 Å². The van der Waals surface area contributed by atoms with Crippen LogP contribution in [0.1, 0.15) is 31.4 Å². The molecule has 0 amide bonds. The van der Waals surface area contributed by atoms with Crippen molar-refractivity contribution in [3.63, 3.8) is 0 Å². The second-order valence-corrected chi connectivity index (χ2v) is 4.52. The van der Waals surface area contributed by atoms with Crippen LogP contribution in [0.4, 0.5) is 0 Å². The van der Waals surface area contributed by atoms with Crippen LogP contribution in [-0.4, -0.2) is 35.7 Å². The van der Waals surface area contributed by atoms with Gasteiger partial charge in [0, 0.05) is 6.04 Å². The number of rotatable bonds is 5. The van der Waals surface area contributed by atoms with E-state index in [2.05, 4.69) is 0 Å². The van der Waals surface area contributed by atoms with E-state index in [4.69, 9.17) is 9.84 Å². The lowest BCUT2D eigenvalue weighted by Crippen LogP contribution is -2.29. The molecule has 98 valence electrons. The Bertz CT molecular complexity index is 402. The highest BCUT2D eigenvalue weighted by molar-refractivity contribution is 5.69. The van der Waals surface area contributed by atoms with Gasteiger partial charge in [-0.2, -0.15) is 0 Å². The quantitative estimate of drug-likeness (QED) is 0.870. The van der Waals surface area contributed by atoms with Gasteiger partial charge in [0.1, 0.15) is 5.75 Å². The van der Waals surface area contributed by atoms with Crippen LogP contribution in [0.15, 0.2) is 24.3 Å². The maximum absolute atomic E-state index is 10.8. The third kappa shape index (κ3) is 3.01. The molecule has 0 saturated carbocycles. The molecular formula is C14H19NO3. The SMILES string of the molecule is CCOc1ccc(C2CCCN2CC(=O)O)cc1. The second kappa shape index (κ2) is 5.87. The highest BCUT2D eigenvalue weighted by atomic mass is 16.5. The molecule has 1 saturated heterocycles. The van der Waals surface area contributed by atoms with Gasteiger partial charge in [-0.3, -0.25) is 9.69 Å². The molecule has 1 fully saturated rings. The van der Waals surface area contributed by atoms with Crippen molar-refractivity contribution < 1.29 is 14.6 Å². The van der Waals surface area contributed by atoms with Crippen LogP contribution < -0.4 is 4.74 Å². The summed E-state index contributed by atoms with van der Waals surface area (Å²) in [6, 6.07) is 8.22. The standard InChI is InChI=1S/C14H19NO3/c1-2-18-12-7-5-11(6-8-12)13-4-3-9-15(13)10-14(16)17/h5-8,13H,2-4,9-10H2,1H3,(H,16,17). The van der Waals surface area contributed by atoms with Gasteiger partial charge < -0.3 is 9.84 Å². The van der Waals surface area contributed by atoms with Crippen LogP contribution in [-0.2, 0) is 4.79 Å². The van der Waals surface area contributed by atoms with Crippen molar-refractivity contribution in [1.82, 2.24) is 4.90 Å². The molecule has 1 heterocycles. The van der Waals surface area contributed by atoms with Gasteiger partial charge in [0.25, 0.3) is 0 Å². The first-order valence-electron chi connectivity index (χ1n) is 6.39. The van der Waals surface area contributed by atoms with Gasteiger partial charge >= 0.3 is 5.97 Å². The summed E-state index contributed by atoms with van der Waals surface area (Å²) in [5.41, 5.74) is 1.18. The monoisotopic (exact) mass is 249 g/mol. The van der Waals surface area contributed by atoms with Crippen molar-refractivity contribution in [3.8, 4) is 5.75 Å². The summed E-state index contributed by atoms with van der Waals surface area (Å²) in [4.78, 5) is 12.8. The van der Waals surface area contributed by atoms with Gasteiger partial charge in [-0.1, -0.05) is 12.1 Å². The average Bonchev–Trinajstić information content (AvgIpc) is 2.78. The van der Waals surface area contributed by atoms with Crippen molar-refractivity contribution >= 4 is 5.97 Å². The molecule has 2 rings (SSSR count). The first-order valence-corrected chi connectivity index (χ1v) is 6.39. The molecule has 1 atom stereocenters. The maximum Gasteiger partial charge on any atom is 0.317 e. The van der Waals surface area contributed by atoms with Gasteiger partial charge in [-0.15, -0.1) is 0 Å². The molecule has 18 heavy (non-hydrogen) atoms. The van der Waals surface area contributed by atoms with Crippen molar-refractivity contribution in [2.45, 2.75) is 25.8 Å². The summed E-state index contributed by atoms with van der Waals surface area (Å²) in [6.07, 6.45) is 2.09. The summed E-state index contributed by atoms with van der Waals surface area (Å²) >= 11 is 0. The molecule has 0 radical (unpaired) electrons. The van der Waals surface area contributed by atoms with E-state index in [1.807, 2.05) is 36.1 Å². The minimum absolute atomic E-state index is 0.123. The predicted molar refractivity (Wildman–Crippen MR) is 68.8 cm³/mol. The second-order valence-electron chi connectivity index (χ2n) is 4.52. The lowest BCUT2D eigenvalue weighted by Gasteiger charge is -2.23. The van der Waals surface area contributed by atoms with E-state index in [1.165, 1.54) is 5.56 Å². The van der Waals surface area contributed by atoms with E-state index < -0.39 is 5.97 Å². The fourth-order valence-corrected chi connectivity index (χ4v) is 2.52. The molecular weight excluding hydrogens is 230 g/mol. The number of benzene rings is 1. The van der Waals surface area contributed by atoms with Gasteiger partial charge in [0.05, 0.1) is 13.2 Å². The molecule has 1 N–H and O–H groups in total. The molecule has 1 unspecified atom stereocenters. The molecule has 0 spiro atoms. The molecule has 1 aromatic rings. The summed E-state index contributed by atoms with van der Waals surface area (Å²) in [6.45, 7) is 3.61. The molecule has 4 heteroatoms. The number of nitrogens with zero attached hydrogens (tertiary/aromatic N) is 1. The van der Waals surface area contributed by atoms with Crippen LogP contribution in [0.25, 0.3) is 0 Å². The van der Waals surface area contributed by atoms with E-state index in [0.717, 1.165) is 25.1 Å². The number of ether oxygens (including phenoxy) is 1. The van der Waals surface area contributed by atoms with E-state index in [0.29, 0.717) is 6.61 Å². The molecule has 1 aliphatic rings. The largest absolute Gasteiger partial charge is 0.494 e. The van der Waals surface area contributed by atoms with Crippen molar-refractivity contribution in [3.05, 3.63) is 29.8 Å². The average molecular weight is 249 g/mol. The van der Waals surface area contributed by atoms with Gasteiger partial charge in [-0.25, -0.2) is 0 Å². The summed E-state index contributed by atoms with van der Waals surface area (Å²) in [7, 11) is 0. The lowest BCUT2D eigenvalue weighted by molar-refractivity contribution is -0.138. The Morgan fingerprint density at radius 2 is 2.17 bits per heavy atom. The van der Waals surface area contributed by atoms with Crippen LogP contribution in [0.3, 0.4) is 0 Å². The van der Waals surface area contributed by atoms with E-state index >= 15 is 0 Å². The van der Waals surface area contributed by atoms with Crippen LogP contribution >= 0.6 is 0 Å².